The SMILES string of the molecule is CC(CC(=O)NC1(c2ccccc2Cl)CC1)n1ccnc1. The molecule has 1 heterocycles. The molecule has 0 spiro atoms. The number of hydrogen-bond donors (Lipinski definition) is 1. The molecule has 110 valence electrons. The van der Waals surface area contributed by atoms with E-state index < -0.39 is 0 Å². The zero-order valence-corrected chi connectivity index (χ0v) is 12.7. The molecule has 1 aliphatic rings. The number of imidazole rings is 1. The van der Waals surface area contributed by atoms with Gasteiger partial charge in [-0.3, -0.25) is 4.79 Å². The first-order valence-corrected chi connectivity index (χ1v) is 7.52. The van der Waals surface area contributed by atoms with Crippen molar-refractivity contribution in [3.05, 3.63) is 53.6 Å². The van der Waals surface area contributed by atoms with Gasteiger partial charge in [-0.25, -0.2) is 4.98 Å². The van der Waals surface area contributed by atoms with Gasteiger partial charge < -0.3 is 9.88 Å². The number of hydrogen-bond acceptors (Lipinski definition) is 2. The predicted octanol–water partition coefficient (Wildman–Crippen LogP) is 3.29. The third-order valence-corrected chi connectivity index (χ3v) is 4.36. The highest BCUT2D eigenvalue weighted by Crippen LogP contribution is 2.48. The van der Waals surface area contributed by atoms with Crippen molar-refractivity contribution in [3.63, 3.8) is 0 Å². The average Bonchev–Trinajstić information content (AvgIpc) is 3.02. The van der Waals surface area contributed by atoms with Crippen LogP contribution in [0.5, 0.6) is 0 Å². The molecule has 2 aromatic rings. The van der Waals surface area contributed by atoms with E-state index in [1.165, 1.54) is 0 Å². The summed E-state index contributed by atoms with van der Waals surface area (Å²) in [5.74, 6) is 0.0496. The number of benzene rings is 1. The number of nitrogens with zero attached hydrogens (tertiary/aromatic N) is 2. The van der Waals surface area contributed by atoms with Gasteiger partial charge in [0, 0.05) is 29.9 Å². The number of aromatic nitrogens is 2. The third-order valence-electron chi connectivity index (χ3n) is 4.03. The quantitative estimate of drug-likeness (QED) is 0.921. The van der Waals surface area contributed by atoms with Gasteiger partial charge in [0.1, 0.15) is 0 Å². The predicted molar refractivity (Wildman–Crippen MR) is 82.1 cm³/mol. The second-order valence-corrected chi connectivity index (χ2v) is 6.08. The molecule has 1 N–H and O–H groups in total. The first-order chi connectivity index (χ1) is 10.1. The second kappa shape index (κ2) is 5.53. The minimum atomic E-state index is -0.260. The van der Waals surface area contributed by atoms with Crippen LogP contribution in [0.15, 0.2) is 43.0 Å². The van der Waals surface area contributed by atoms with Crippen LogP contribution in [0.3, 0.4) is 0 Å². The lowest BCUT2D eigenvalue weighted by molar-refractivity contribution is -0.122. The van der Waals surface area contributed by atoms with Crippen molar-refractivity contribution >= 4 is 17.5 Å². The molecule has 1 fully saturated rings. The van der Waals surface area contributed by atoms with E-state index in [9.17, 15) is 4.79 Å². The van der Waals surface area contributed by atoms with Gasteiger partial charge in [0.05, 0.1) is 11.9 Å². The third kappa shape index (κ3) is 2.95. The number of nitrogens with one attached hydrogen (secondary N) is 1. The lowest BCUT2D eigenvalue weighted by Gasteiger charge is -2.21. The van der Waals surface area contributed by atoms with Crippen LogP contribution in [0, 0.1) is 0 Å². The average molecular weight is 304 g/mol. The number of carbonyl (C=O) groups is 1. The Bertz CT molecular complexity index is 635. The van der Waals surface area contributed by atoms with Crippen LogP contribution in [-0.2, 0) is 10.3 Å². The second-order valence-electron chi connectivity index (χ2n) is 5.67. The van der Waals surface area contributed by atoms with E-state index in [4.69, 9.17) is 11.6 Å². The molecule has 3 rings (SSSR count). The van der Waals surface area contributed by atoms with Gasteiger partial charge in [0.15, 0.2) is 0 Å². The lowest BCUT2D eigenvalue weighted by Crippen LogP contribution is -2.36. The van der Waals surface area contributed by atoms with E-state index in [1.54, 1.807) is 12.5 Å². The molecule has 0 bridgehead atoms. The molecule has 1 unspecified atom stereocenters. The van der Waals surface area contributed by atoms with Crippen LogP contribution >= 0.6 is 11.6 Å². The first-order valence-electron chi connectivity index (χ1n) is 7.14. The first kappa shape index (κ1) is 14.1. The Morgan fingerprint density at radius 2 is 2.24 bits per heavy atom. The summed E-state index contributed by atoms with van der Waals surface area (Å²) in [5.41, 5.74) is 0.764. The highest BCUT2D eigenvalue weighted by molar-refractivity contribution is 6.31. The number of rotatable bonds is 5. The maximum Gasteiger partial charge on any atom is 0.222 e. The Labute approximate surface area is 129 Å². The van der Waals surface area contributed by atoms with Crippen LogP contribution in [0.2, 0.25) is 5.02 Å². The topological polar surface area (TPSA) is 46.9 Å². The lowest BCUT2D eigenvalue weighted by atomic mass is 10.0. The molecule has 0 radical (unpaired) electrons. The standard InChI is InChI=1S/C16H18ClN3O/c1-12(20-9-8-18-11-20)10-15(21)19-16(6-7-16)13-4-2-3-5-14(13)17/h2-5,8-9,11-12H,6-7,10H2,1H3,(H,19,21). The molecule has 21 heavy (non-hydrogen) atoms. The smallest absolute Gasteiger partial charge is 0.222 e. The molecule has 1 atom stereocenters. The Kier molecular flexibility index (Phi) is 3.72. The number of halogens is 1. The summed E-state index contributed by atoms with van der Waals surface area (Å²) in [6.07, 6.45) is 7.66. The summed E-state index contributed by atoms with van der Waals surface area (Å²) in [6, 6.07) is 7.83. The van der Waals surface area contributed by atoms with E-state index in [1.807, 2.05) is 42.0 Å². The molecule has 0 aliphatic heterocycles. The molecule has 5 heteroatoms. The van der Waals surface area contributed by atoms with Crippen LogP contribution in [-0.4, -0.2) is 15.5 Å². The van der Waals surface area contributed by atoms with Crippen molar-refractivity contribution in [2.75, 3.05) is 0 Å². The van der Waals surface area contributed by atoms with Crippen LogP contribution in [0.1, 0.15) is 37.8 Å². The zero-order chi connectivity index (χ0) is 14.9. The highest BCUT2D eigenvalue weighted by Gasteiger charge is 2.46. The largest absolute Gasteiger partial charge is 0.346 e. The zero-order valence-electron chi connectivity index (χ0n) is 11.9. The van der Waals surface area contributed by atoms with Crippen molar-refractivity contribution < 1.29 is 4.79 Å². The van der Waals surface area contributed by atoms with E-state index in [0.717, 1.165) is 23.4 Å². The number of amides is 1. The number of carbonyl (C=O) groups excluding carboxylic acids is 1. The maximum atomic E-state index is 12.3. The molecule has 4 nitrogen and oxygen atoms in total. The molecule has 1 aromatic heterocycles. The van der Waals surface area contributed by atoms with Crippen LogP contribution in [0.4, 0.5) is 0 Å². The van der Waals surface area contributed by atoms with Gasteiger partial charge in [-0.2, -0.15) is 0 Å². The van der Waals surface area contributed by atoms with E-state index in [0.29, 0.717) is 6.42 Å². The van der Waals surface area contributed by atoms with Gasteiger partial charge in [0.2, 0.25) is 5.91 Å². The summed E-state index contributed by atoms with van der Waals surface area (Å²) in [7, 11) is 0. The summed E-state index contributed by atoms with van der Waals surface area (Å²) in [6.45, 7) is 2.01. The molecule has 1 aliphatic carbocycles. The Balaban J connectivity index is 1.66. The summed E-state index contributed by atoms with van der Waals surface area (Å²) in [4.78, 5) is 16.3. The fourth-order valence-electron chi connectivity index (χ4n) is 2.66. The van der Waals surface area contributed by atoms with E-state index in [2.05, 4.69) is 10.3 Å². The highest BCUT2D eigenvalue weighted by atomic mass is 35.5. The monoisotopic (exact) mass is 303 g/mol. The van der Waals surface area contributed by atoms with E-state index >= 15 is 0 Å². The Hall–Kier alpha value is -1.81. The molecule has 1 amide bonds. The molecule has 1 aromatic carbocycles. The fraction of sp³-hybridized carbons (Fsp3) is 0.375. The van der Waals surface area contributed by atoms with Crippen LogP contribution in [0.25, 0.3) is 0 Å². The van der Waals surface area contributed by atoms with Crippen molar-refractivity contribution in [3.8, 4) is 0 Å². The van der Waals surface area contributed by atoms with E-state index in [-0.39, 0.29) is 17.5 Å². The molecule has 1 saturated carbocycles. The maximum absolute atomic E-state index is 12.3. The van der Waals surface area contributed by atoms with Crippen LogP contribution < -0.4 is 5.32 Å². The van der Waals surface area contributed by atoms with Gasteiger partial charge in [-0.05, 0) is 31.4 Å². The van der Waals surface area contributed by atoms with Gasteiger partial charge >= 0.3 is 0 Å². The normalized spacial score (nSPS) is 17.2. The Morgan fingerprint density at radius 3 is 2.86 bits per heavy atom. The van der Waals surface area contributed by atoms with Gasteiger partial charge in [0.25, 0.3) is 0 Å². The van der Waals surface area contributed by atoms with Gasteiger partial charge in [-0.15, -0.1) is 0 Å². The Morgan fingerprint density at radius 1 is 1.48 bits per heavy atom. The molecular formula is C16H18ClN3O. The summed E-state index contributed by atoms with van der Waals surface area (Å²) >= 11 is 6.26. The molecular weight excluding hydrogens is 286 g/mol. The van der Waals surface area contributed by atoms with Crippen molar-refractivity contribution in [1.82, 2.24) is 14.9 Å². The fourth-order valence-corrected chi connectivity index (χ4v) is 2.97. The summed E-state index contributed by atoms with van der Waals surface area (Å²) in [5, 5.41) is 3.88. The minimum absolute atomic E-state index is 0.0496. The molecule has 0 saturated heterocycles. The van der Waals surface area contributed by atoms with Gasteiger partial charge in [-0.1, -0.05) is 29.8 Å². The van der Waals surface area contributed by atoms with Crippen molar-refractivity contribution in [1.29, 1.82) is 0 Å². The summed E-state index contributed by atoms with van der Waals surface area (Å²) < 4.78 is 1.94. The van der Waals surface area contributed by atoms with Crippen molar-refractivity contribution in [2.24, 2.45) is 0 Å². The van der Waals surface area contributed by atoms with Crippen molar-refractivity contribution in [2.45, 2.75) is 37.8 Å². The minimum Gasteiger partial charge on any atom is -0.346 e.